The summed E-state index contributed by atoms with van der Waals surface area (Å²) in [6.45, 7) is 0. The van der Waals surface area contributed by atoms with Crippen molar-refractivity contribution in [3.63, 3.8) is 0 Å². The van der Waals surface area contributed by atoms with Crippen molar-refractivity contribution in [3.8, 4) is 0 Å². The Hall–Kier alpha value is -1.10. The van der Waals surface area contributed by atoms with Crippen LogP contribution in [0.1, 0.15) is 11.7 Å². The van der Waals surface area contributed by atoms with Crippen LogP contribution >= 0.6 is 11.6 Å². The predicted molar refractivity (Wildman–Crippen MR) is 73.6 cm³/mol. The van der Waals surface area contributed by atoms with Gasteiger partial charge in [0, 0.05) is 16.7 Å². The molecule has 1 N–H and O–H groups in total. The zero-order valence-electron chi connectivity index (χ0n) is 9.80. The van der Waals surface area contributed by atoms with Gasteiger partial charge in [0.1, 0.15) is 9.84 Å². The topological polar surface area (TPSA) is 54.4 Å². The Kier molecular flexibility index (Phi) is 3.61. The van der Waals surface area contributed by atoms with E-state index in [0.717, 1.165) is 17.0 Å². The molecule has 96 valence electrons. The Morgan fingerprint density at radius 3 is 2.39 bits per heavy atom. The number of halogens is 1. The molecule has 0 fully saturated rings. The van der Waals surface area contributed by atoms with E-state index >= 15 is 0 Å². The van der Waals surface area contributed by atoms with Crippen molar-refractivity contribution in [1.82, 2.24) is 0 Å². The minimum Gasteiger partial charge on any atom is -0.387 e. The highest BCUT2D eigenvalue weighted by Crippen LogP contribution is 2.30. The normalized spacial score (nSPS) is 13.7. The molecule has 2 aromatic carbocycles. The van der Waals surface area contributed by atoms with Crippen LogP contribution in [0.3, 0.4) is 0 Å². The molecule has 0 heterocycles. The van der Waals surface area contributed by atoms with Crippen molar-refractivity contribution in [1.29, 1.82) is 0 Å². The lowest BCUT2D eigenvalue weighted by Crippen LogP contribution is -2.13. The van der Waals surface area contributed by atoms with Gasteiger partial charge in [-0.1, -0.05) is 41.9 Å². The van der Waals surface area contributed by atoms with E-state index in [4.69, 9.17) is 11.6 Å². The molecule has 5 heteroatoms. The number of hydrogen-bond acceptors (Lipinski definition) is 3. The molecule has 0 spiro atoms. The summed E-state index contributed by atoms with van der Waals surface area (Å²) in [5.74, 6) is -0.293. The maximum absolute atomic E-state index is 11.2. The molecule has 0 aromatic heterocycles. The van der Waals surface area contributed by atoms with Gasteiger partial charge in [0.15, 0.2) is 0 Å². The molecule has 0 amide bonds. The van der Waals surface area contributed by atoms with Crippen molar-refractivity contribution in [2.75, 3.05) is 12.0 Å². The summed E-state index contributed by atoms with van der Waals surface area (Å²) < 4.78 is 22.5. The number of aliphatic hydroxyl groups excluding tert-OH is 1. The van der Waals surface area contributed by atoms with Crippen LogP contribution in [0.2, 0.25) is 5.02 Å². The average Bonchev–Trinajstić information content (AvgIpc) is 2.27. The maximum Gasteiger partial charge on any atom is 0.150 e. The molecule has 0 aliphatic rings. The van der Waals surface area contributed by atoms with Crippen LogP contribution in [0, 0.1) is 0 Å². The molecule has 2 aromatic rings. The number of hydrogen-bond donors (Lipinski definition) is 1. The van der Waals surface area contributed by atoms with Gasteiger partial charge in [-0.2, -0.15) is 0 Å². The van der Waals surface area contributed by atoms with Crippen molar-refractivity contribution >= 4 is 32.2 Å². The molecule has 1 unspecified atom stereocenters. The third-order valence-electron chi connectivity index (χ3n) is 2.72. The highest BCUT2D eigenvalue weighted by Gasteiger charge is 2.17. The van der Waals surface area contributed by atoms with Crippen LogP contribution in [0.15, 0.2) is 36.4 Å². The van der Waals surface area contributed by atoms with E-state index in [1.165, 1.54) is 0 Å². The number of aliphatic hydroxyl groups is 1. The molecule has 3 nitrogen and oxygen atoms in total. The summed E-state index contributed by atoms with van der Waals surface area (Å²) in [7, 11) is -3.23. The van der Waals surface area contributed by atoms with E-state index in [9.17, 15) is 13.5 Å². The molecular weight excluding hydrogens is 272 g/mol. The largest absolute Gasteiger partial charge is 0.387 e. The minimum absolute atomic E-state index is 0.293. The molecule has 0 aliphatic heterocycles. The second kappa shape index (κ2) is 4.88. The lowest BCUT2D eigenvalue weighted by Gasteiger charge is -2.13. The number of sulfone groups is 1. The van der Waals surface area contributed by atoms with Crippen LogP contribution < -0.4 is 0 Å². The van der Waals surface area contributed by atoms with E-state index < -0.39 is 15.9 Å². The van der Waals surface area contributed by atoms with Crippen LogP contribution in [0.25, 0.3) is 10.8 Å². The standard InChI is InChI=1S/C13H13ClO3S/c1-18(16,17)8-13(15)11-6-7-12(14)10-5-3-2-4-9(10)11/h2-7,13,15H,8H2,1H3. The Bertz CT molecular complexity index is 680. The van der Waals surface area contributed by atoms with E-state index in [0.29, 0.717) is 10.6 Å². The van der Waals surface area contributed by atoms with Gasteiger partial charge in [0.05, 0.1) is 11.9 Å². The fourth-order valence-electron chi connectivity index (χ4n) is 1.95. The quantitative estimate of drug-likeness (QED) is 0.942. The summed E-state index contributed by atoms with van der Waals surface area (Å²) in [4.78, 5) is 0. The van der Waals surface area contributed by atoms with Gasteiger partial charge in [-0.3, -0.25) is 0 Å². The molecule has 0 saturated carbocycles. The second-order valence-electron chi connectivity index (χ2n) is 4.29. The molecule has 1 atom stereocenters. The summed E-state index contributed by atoms with van der Waals surface area (Å²) >= 11 is 6.07. The first-order valence-electron chi connectivity index (χ1n) is 5.41. The Morgan fingerprint density at radius 2 is 1.78 bits per heavy atom. The summed E-state index contributed by atoms with van der Waals surface area (Å²) in [6.07, 6.45) is 0.0658. The summed E-state index contributed by atoms with van der Waals surface area (Å²) in [5, 5.41) is 12.2. The van der Waals surface area contributed by atoms with E-state index in [1.807, 2.05) is 24.3 Å². The zero-order valence-corrected chi connectivity index (χ0v) is 11.4. The maximum atomic E-state index is 11.2. The van der Waals surface area contributed by atoms with E-state index in [-0.39, 0.29) is 5.75 Å². The lowest BCUT2D eigenvalue weighted by molar-refractivity contribution is 0.203. The van der Waals surface area contributed by atoms with Gasteiger partial charge in [-0.25, -0.2) is 8.42 Å². The van der Waals surface area contributed by atoms with Crippen LogP contribution in [-0.4, -0.2) is 25.5 Å². The SMILES string of the molecule is CS(=O)(=O)CC(O)c1ccc(Cl)c2ccccc12. The predicted octanol–water partition coefficient (Wildman–Crippen LogP) is 2.57. The summed E-state index contributed by atoms with van der Waals surface area (Å²) in [5.41, 5.74) is 0.584. The van der Waals surface area contributed by atoms with Crippen LogP contribution in [0.4, 0.5) is 0 Å². The van der Waals surface area contributed by atoms with Gasteiger partial charge in [0.25, 0.3) is 0 Å². The number of fused-ring (bicyclic) bond motifs is 1. The van der Waals surface area contributed by atoms with Crippen molar-refractivity contribution in [3.05, 3.63) is 47.0 Å². The fraction of sp³-hybridized carbons (Fsp3) is 0.231. The monoisotopic (exact) mass is 284 g/mol. The third-order valence-corrected chi connectivity index (χ3v) is 3.98. The lowest BCUT2D eigenvalue weighted by atomic mass is 10.0. The highest BCUT2D eigenvalue weighted by atomic mass is 35.5. The van der Waals surface area contributed by atoms with Gasteiger partial charge in [-0.15, -0.1) is 0 Å². The first kappa shape index (κ1) is 13.3. The zero-order chi connectivity index (χ0) is 13.3. The van der Waals surface area contributed by atoms with Gasteiger partial charge < -0.3 is 5.11 Å². The van der Waals surface area contributed by atoms with Crippen molar-refractivity contribution < 1.29 is 13.5 Å². The van der Waals surface area contributed by atoms with Crippen molar-refractivity contribution in [2.24, 2.45) is 0 Å². The first-order valence-corrected chi connectivity index (χ1v) is 7.85. The third kappa shape index (κ3) is 2.83. The van der Waals surface area contributed by atoms with Gasteiger partial charge in [-0.05, 0) is 17.0 Å². The fourth-order valence-corrected chi connectivity index (χ4v) is 2.93. The van der Waals surface area contributed by atoms with Gasteiger partial charge >= 0.3 is 0 Å². The minimum atomic E-state index is -3.23. The molecule has 18 heavy (non-hydrogen) atoms. The number of benzene rings is 2. The number of rotatable bonds is 3. The molecular formula is C13H13ClO3S. The molecule has 0 saturated heterocycles. The van der Waals surface area contributed by atoms with E-state index in [2.05, 4.69) is 0 Å². The average molecular weight is 285 g/mol. The smallest absolute Gasteiger partial charge is 0.150 e. The Labute approximate surface area is 111 Å². The molecule has 2 rings (SSSR count). The second-order valence-corrected chi connectivity index (χ2v) is 6.88. The van der Waals surface area contributed by atoms with Crippen molar-refractivity contribution in [2.45, 2.75) is 6.10 Å². The summed E-state index contributed by atoms with van der Waals surface area (Å²) in [6, 6.07) is 10.7. The van der Waals surface area contributed by atoms with Gasteiger partial charge in [0.2, 0.25) is 0 Å². The van der Waals surface area contributed by atoms with E-state index in [1.54, 1.807) is 12.1 Å². The molecule has 0 bridgehead atoms. The van der Waals surface area contributed by atoms with Crippen LogP contribution in [-0.2, 0) is 9.84 Å². The first-order chi connectivity index (χ1) is 8.38. The molecule has 0 radical (unpaired) electrons. The molecule has 0 aliphatic carbocycles. The Morgan fingerprint density at radius 1 is 1.17 bits per heavy atom. The van der Waals surface area contributed by atoms with Crippen LogP contribution in [0.5, 0.6) is 0 Å². The highest BCUT2D eigenvalue weighted by molar-refractivity contribution is 7.90. The Balaban J connectivity index is 2.55.